The minimum absolute atomic E-state index is 0.0445. The van der Waals surface area contributed by atoms with Crippen LogP contribution in [0.25, 0.3) is 0 Å². The van der Waals surface area contributed by atoms with E-state index in [4.69, 9.17) is 5.11 Å². The maximum atomic E-state index is 12.0. The molecule has 1 heterocycles. The Kier molecular flexibility index (Phi) is 4.53. The number of benzene rings is 1. The second-order valence-corrected chi connectivity index (χ2v) is 5.20. The summed E-state index contributed by atoms with van der Waals surface area (Å²) in [6.45, 7) is 1.95. The molecule has 0 aliphatic carbocycles. The summed E-state index contributed by atoms with van der Waals surface area (Å²) in [5.74, 6) is -0.916. The summed E-state index contributed by atoms with van der Waals surface area (Å²) >= 11 is 1.14. The van der Waals surface area contributed by atoms with Crippen LogP contribution in [0.3, 0.4) is 0 Å². The zero-order chi connectivity index (χ0) is 14.5. The molecule has 0 bridgehead atoms. The van der Waals surface area contributed by atoms with Gasteiger partial charge in [0.15, 0.2) is 5.78 Å². The molecule has 0 amide bonds. The zero-order valence-electron chi connectivity index (χ0n) is 10.9. The molecule has 20 heavy (non-hydrogen) atoms. The number of ketones is 1. The predicted molar refractivity (Wildman–Crippen MR) is 77.4 cm³/mol. The molecule has 1 aromatic heterocycles. The number of rotatable bonds is 5. The van der Waals surface area contributed by atoms with E-state index in [1.165, 1.54) is 12.3 Å². The third kappa shape index (κ3) is 3.45. The highest BCUT2D eigenvalue weighted by atomic mass is 32.2. The number of hydrogen-bond donors (Lipinski definition) is 1. The lowest BCUT2D eigenvalue weighted by Crippen LogP contribution is -2.05. The number of thioether (sulfide) groups is 1. The van der Waals surface area contributed by atoms with E-state index >= 15 is 0 Å². The van der Waals surface area contributed by atoms with Crippen molar-refractivity contribution in [3.05, 3.63) is 59.3 Å². The standard InChI is InChI=1S/C15H13NO3S/c1-10-4-6-11(7-5-10)13(17)9-20-14-12(15(18)19)3-2-8-16-14/h2-8H,9H2,1H3,(H,18,19). The topological polar surface area (TPSA) is 67.3 Å². The molecule has 2 rings (SSSR count). The number of pyridine rings is 1. The van der Waals surface area contributed by atoms with Crippen molar-refractivity contribution < 1.29 is 14.7 Å². The van der Waals surface area contributed by atoms with Crippen molar-refractivity contribution in [2.45, 2.75) is 11.9 Å². The molecule has 1 aromatic carbocycles. The zero-order valence-corrected chi connectivity index (χ0v) is 11.7. The lowest BCUT2D eigenvalue weighted by Gasteiger charge is -2.04. The van der Waals surface area contributed by atoms with E-state index in [2.05, 4.69) is 4.98 Å². The van der Waals surface area contributed by atoms with E-state index in [1.54, 1.807) is 18.2 Å². The highest BCUT2D eigenvalue weighted by Crippen LogP contribution is 2.21. The molecular formula is C15H13NO3S. The lowest BCUT2D eigenvalue weighted by atomic mass is 10.1. The Hall–Kier alpha value is -2.14. The van der Waals surface area contributed by atoms with Crippen molar-refractivity contribution in [2.24, 2.45) is 0 Å². The van der Waals surface area contributed by atoms with Crippen LogP contribution in [0.15, 0.2) is 47.6 Å². The van der Waals surface area contributed by atoms with Crippen molar-refractivity contribution in [1.82, 2.24) is 4.98 Å². The molecule has 0 unspecified atom stereocenters. The smallest absolute Gasteiger partial charge is 0.338 e. The van der Waals surface area contributed by atoms with Crippen LogP contribution in [0.2, 0.25) is 0 Å². The molecule has 0 atom stereocenters. The molecule has 0 aliphatic heterocycles. The fraction of sp³-hybridized carbons (Fsp3) is 0.133. The van der Waals surface area contributed by atoms with E-state index in [1.807, 2.05) is 19.1 Å². The molecule has 0 aliphatic rings. The molecule has 0 saturated carbocycles. The third-order valence-electron chi connectivity index (χ3n) is 2.72. The summed E-state index contributed by atoms with van der Waals surface area (Å²) in [6.07, 6.45) is 1.52. The van der Waals surface area contributed by atoms with Crippen molar-refractivity contribution in [3.8, 4) is 0 Å². The van der Waals surface area contributed by atoms with Crippen LogP contribution in [-0.2, 0) is 0 Å². The van der Waals surface area contributed by atoms with Crippen LogP contribution in [0.1, 0.15) is 26.3 Å². The number of nitrogens with zero attached hydrogens (tertiary/aromatic N) is 1. The third-order valence-corrected chi connectivity index (χ3v) is 3.72. The van der Waals surface area contributed by atoms with Crippen LogP contribution in [0.5, 0.6) is 0 Å². The number of carboxylic acid groups (broad SMARTS) is 1. The Morgan fingerprint density at radius 1 is 1.20 bits per heavy atom. The number of hydrogen-bond acceptors (Lipinski definition) is 4. The Bertz CT molecular complexity index is 638. The van der Waals surface area contributed by atoms with Crippen molar-refractivity contribution in [1.29, 1.82) is 0 Å². The largest absolute Gasteiger partial charge is 0.478 e. The van der Waals surface area contributed by atoms with Gasteiger partial charge in [-0.1, -0.05) is 41.6 Å². The number of carboxylic acids is 1. The molecule has 0 spiro atoms. The van der Waals surface area contributed by atoms with Gasteiger partial charge in [-0.3, -0.25) is 4.79 Å². The summed E-state index contributed by atoms with van der Waals surface area (Å²) in [4.78, 5) is 27.1. The minimum Gasteiger partial charge on any atom is -0.478 e. The van der Waals surface area contributed by atoms with Gasteiger partial charge in [-0.05, 0) is 19.1 Å². The maximum Gasteiger partial charge on any atom is 0.338 e. The Labute approximate surface area is 120 Å². The maximum absolute atomic E-state index is 12.0. The predicted octanol–water partition coefficient (Wildman–Crippen LogP) is 3.06. The highest BCUT2D eigenvalue weighted by molar-refractivity contribution is 8.00. The van der Waals surface area contributed by atoms with Crippen LogP contribution < -0.4 is 0 Å². The summed E-state index contributed by atoms with van der Waals surface area (Å²) in [6, 6.07) is 10.3. The Morgan fingerprint density at radius 3 is 2.55 bits per heavy atom. The van der Waals surface area contributed by atoms with Crippen LogP contribution in [0, 0.1) is 6.92 Å². The molecular weight excluding hydrogens is 274 g/mol. The molecule has 4 nitrogen and oxygen atoms in total. The van der Waals surface area contributed by atoms with Gasteiger partial charge < -0.3 is 5.11 Å². The molecule has 2 aromatic rings. The van der Waals surface area contributed by atoms with E-state index in [0.29, 0.717) is 10.6 Å². The monoisotopic (exact) mass is 287 g/mol. The quantitative estimate of drug-likeness (QED) is 0.676. The van der Waals surface area contributed by atoms with Gasteiger partial charge in [-0.2, -0.15) is 0 Å². The van der Waals surface area contributed by atoms with Crippen LogP contribution in [-0.4, -0.2) is 27.6 Å². The van der Waals surface area contributed by atoms with Gasteiger partial charge in [0, 0.05) is 11.8 Å². The first kappa shape index (κ1) is 14.3. The number of aromatic nitrogens is 1. The Morgan fingerprint density at radius 2 is 1.90 bits per heavy atom. The van der Waals surface area contributed by atoms with E-state index in [-0.39, 0.29) is 17.1 Å². The second-order valence-electron chi connectivity index (χ2n) is 4.24. The molecule has 102 valence electrons. The molecule has 1 N–H and O–H groups in total. The summed E-state index contributed by atoms with van der Waals surface area (Å²) < 4.78 is 0. The first-order valence-corrected chi connectivity index (χ1v) is 6.97. The van der Waals surface area contributed by atoms with Gasteiger partial charge in [-0.25, -0.2) is 9.78 Å². The molecule has 0 saturated heterocycles. The normalized spacial score (nSPS) is 10.2. The van der Waals surface area contributed by atoms with Gasteiger partial charge in [0.05, 0.1) is 11.3 Å². The van der Waals surface area contributed by atoms with Gasteiger partial charge in [0.2, 0.25) is 0 Å². The fourth-order valence-electron chi connectivity index (χ4n) is 1.63. The SMILES string of the molecule is Cc1ccc(C(=O)CSc2ncccc2C(=O)O)cc1. The second kappa shape index (κ2) is 6.34. The van der Waals surface area contributed by atoms with E-state index in [0.717, 1.165) is 17.3 Å². The molecule has 0 radical (unpaired) electrons. The summed E-state index contributed by atoms with van der Waals surface area (Å²) in [5, 5.41) is 9.40. The van der Waals surface area contributed by atoms with Crippen molar-refractivity contribution in [3.63, 3.8) is 0 Å². The van der Waals surface area contributed by atoms with Crippen LogP contribution in [0.4, 0.5) is 0 Å². The van der Waals surface area contributed by atoms with Gasteiger partial charge in [-0.15, -0.1) is 0 Å². The van der Waals surface area contributed by atoms with Crippen molar-refractivity contribution >= 4 is 23.5 Å². The Balaban J connectivity index is 2.07. The minimum atomic E-state index is -1.04. The van der Waals surface area contributed by atoms with E-state index in [9.17, 15) is 9.59 Å². The first-order valence-electron chi connectivity index (χ1n) is 5.99. The number of aryl methyl sites for hydroxylation is 1. The highest BCUT2D eigenvalue weighted by Gasteiger charge is 2.13. The van der Waals surface area contributed by atoms with Gasteiger partial charge in [0.1, 0.15) is 5.03 Å². The number of Topliss-reactive ketones (excluding diaryl/α,β-unsaturated/α-hetero) is 1. The summed E-state index contributed by atoms with van der Waals surface area (Å²) in [5.41, 5.74) is 1.83. The van der Waals surface area contributed by atoms with Crippen molar-refractivity contribution in [2.75, 3.05) is 5.75 Å². The van der Waals surface area contributed by atoms with Gasteiger partial charge >= 0.3 is 5.97 Å². The summed E-state index contributed by atoms with van der Waals surface area (Å²) in [7, 11) is 0. The number of carbonyl (C=O) groups excluding carboxylic acids is 1. The van der Waals surface area contributed by atoms with Gasteiger partial charge in [0.25, 0.3) is 0 Å². The lowest BCUT2D eigenvalue weighted by molar-refractivity contribution is 0.0692. The molecule has 0 fully saturated rings. The molecule has 5 heteroatoms. The van der Waals surface area contributed by atoms with E-state index < -0.39 is 5.97 Å². The number of carbonyl (C=O) groups is 2. The average molecular weight is 287 g/mol. The first-order chi connectivity index (χ1) is 9.58. The average Bonchev–Trinajstić information content (AvgIpc) is 2.45. The van der Waals surface area contributed by atoms with Crippen LogP contribution >= 0.6 is 11.8 Å². The number of aromatic carboxylic acids is 1. The fourth-order valence-corrected chi connectivity index (χ4v) is 2.51.